The van der Waals surface area contributed by atoms with Gasteiger partial charge in [-0.3, -0.25) is 9.59 Å². The van der Waals surface area contributed by atoms with E-state index in [0.717, 1.165) is 29.7 Å². The minimum atomic E-state index is -0.143. The molecule has 3 heterocycles. The Labute approximate surface area is 146 Å². The van der Waals surface area contributed by atoms with E-state index in [4.69, 9.17) is 10.2 Å². The zero-order valence-electron chi connectivity index (χ0n) is 14.0. The van der Waals surface area contributed by atoms with Crippen LogP contribution in [0.25, 0.3) is 0 Å². The van der Waals surface area contributed by atoms with E-state index in [2.05, 4.69) is 0 Å². The van der Waals surface area contributed by atoms with E-state index < -0.39 is 0 Å². The van der Waals surface area contributed by atoms with Crippen molar-refractivity contribution in [3.8, 4) is 0 Å². The molecule has 1 saturated heterocycles. The molecule has 1 fully saturated rings. The number of benzene rings is 1. The quantitative estimate of drug-likeness (QED) is 0.927. The van der Waals surface area contributed by atoms with Crippen LogP contribution in [0.1, 0.15) is 34.5 Å². The molecule has 4 rings (SSSR count). The average Bonchev–Trinajstić information content (AvgIpc) is 3.19. The fraction of sp³-hybridized carbons (Fsp3) is 0.368. The number of nitrogens with zero attached hydrogens (tertiary/aromatic N) is 2. The molecule has 1 unspecified atom stereocenters. The van der Waals surface area contributed by atoms with Gasteiger partial charge in [-0.15, -0.1) is 0 Å². The second-order valence-corrected chi connectivity index (χ2v) is 6.71. The highest BCUT2D eigenvalue weighted by Crippen LogP contribution is 2.31. The first-order chi connectivity index (χ1) is 12.1. The molecule has 25 heavy (non-hydrogen) atoms. The molecule has 1 aromatic carbocycles. The van der Waals surface area contributed by atoms with Gasteiger partial charge in [0.15, 0.2) is 5.76 Å². The normalized spacial score (nSPS) is 20.0. The van der Waals surface area contributed by atoms with Crippen molar-refractivity contribution < 1.29 is 14.0 Å². The van der Waals surface area contributed by atoms with Crippen molar-refractivity contribution in [3.05, 3.63) is 53.5 Å². The molecular weight excluding hydrogens is 318 g/mol. The maximum absolute atomic E-state index is 12.8. The Morgan fingerprint density at radius 1 is 1.28 bits per heavy atom. The van der Waals surface area contributed by atoms with Crippen LogP contribution in [0.5, 0.6) is 0 Å². The summed E-state index contributed by atoms with van der Waals surface area (Å²) in [5.41, 5.74) is 8.64. The second kappa shape index (κ2) is 6.37. The first-order valence-electron chi connectivity index (χ1n) is 8.63. The van der Waals surface area contributed by atoms with E-state index in [0.29, 0.717) is 31.8 Å². The molecule has 1 aromatic heterocycles. The van der Waals surface area contributed by atoms with Crippen molar-refractivity contribution in [2.45, 2.75) is 31.8 Å². The van der Waals surface area contributed by atoms with E-state index in [1.807, 2.05) is 24.3 Å². The molecule has 0 radical (unpaired) electrons. The summed E-state index contributed by atoms with van der Waals surface area (Å²) in [5.74, 6) is 0.210. The summed E-state index contributed by atoms with van der Waals surface area (Å²) in [6.07, 6.45) is 3.76. The van der Waals surface area contributed by atoms with Crippen LogP contribution in [-0.4, -0.2) is 35.8 Å². The summed E-state index contributed by atoms with van der Waals surface area (Å²) in [4.78, 5) is 28.6. The van der Waals surface area contributed by atoms with Crippen molar-refractivity contribution in [3.63, 3.8) is 0 Å². The zero-order valence-corrected chi connectivity index (χ0v) is 14.0. The third-order valence-corrected chi connectivity index (χ3v) is 4.94. The molecule has 6 heteroatoms. The number of anilines is 1. The zero-order chi connectivity index (χ0) is 17.4. The van der Waals surface area contributed by atoms with E-state index in [-0.39, 0.29) is 17.9 Å². The number of amides is 2. The highest BCUT2D eigenvalue weighted by Gasteiger charge is 2.30. The summed E-state index contributed by atoms with van der Waals surface area (Å²) < 4.78 is 5.48. The molecule has 2 aromatic rings. The first-order valence-corrected chi connectivity index (χ1v) is 8.63. The number of likely N-dealkylation sites (tertiary alicyclic amines) is 1. The summed E-state index contributed by atoms with van der Waals surface area (Å²) in [7, 11) is 0. The second-order valence-electron chi connectivity index (χ2n) is 6.71. The van der Waals surface area contributed by atoms with Gasteiger partial charge in [-0.2, -0.15) is 0 Å². The van der Waals surface area contributed by atoms with Crippen LogP contribution in [0.15, 0.2) is 41.0 Å². The number of fused-ring (bicyclic) bond motifs is 1. The largest absolute Gasteiger partial charge is 0.459 e. The van der Waals surface area contributed by atoms with Gasteiger partial charge in [-0.25, -0.2) is 0 Å². The van der Waals surface area contributed by atoms with Gasteiger partial charge in [0.1, 0.15) is 0 Å². The predicted molar refractivity (Wildman–Crippen MR) is 93.2 cm³/mol. The number of piperidine rings is 1. The van der Waals surface area contributed by atoms with Gasteiger partial charge in [0, 0.05) is 30.4 Å². The molecule has 2 aliphatic rings. The lowest BCUT2D eigenvalue weighted by atomic mass is 10.1. The average molecular weight is 339 g/mol. The lowest BCUT2D eigenvalue weighted by Gasteiger charge is -2.30. The summed E-state index contributed by atoms with van der Waals surface area (Å²) >= 11 is 0. The van der Waals surface area contributed by atoms with Crippen LogP contribution in [0.3, 0.4) is 0 Å². The van der Waals surface area contributed by atoms with Crippen molar-refractivity contribution in [1.29, 1.82) is 0 Å². The van der Waals surface area contributed by atoms with Gasteiger partial charge in [-0.1, -0.05) is 18.2 Å². The van der Waals surface area contributed by atoms with Crippen molar-refractivity contribution in [2.75, 3.05) is 18.0 Å². The number of hydrogen-bond acceptors (Lipinski definition) is 4. The van der Waals surface area contributed by atoms with E-state index in [1.54, 1.807) is 15.9 Å². The molecule has 1 atom stereocenters. The first kappa shape index (κ1) is 15.9. The van der Waals surface area contributed by atoms with E-state index >= 15 is 0 Å². The Morgan fingerprint density at radius 3 is 2.96 bits per heavy atom. The number of carbonyl (C=O) groups excluding carboxylic acids is 2. The number of para-hydroxylation sites is 1. The molecule has 0 spiro atoms. The predicted octanol–water partition coefficient (Wildman–Crippen LogP) is 1.93. The molecule has 2 aliphatic heterocycles. The van der Waals surface area contributed by atoms with Crippen molar-refractivity contribution in [1.82, 2.24) is 4.90 Å². The van der Waals surface area contributed by atoms with Gasteiger partial charge in [0.25, 0.3) is 5.91 Å². The fourth-order valence-corrected chi connectivity index (χ4v) is 3.65. The van der Waals surface area contributed by atoms with Gasteiger partial charge < -0.3 is 20.0 Å². The number of furan rings is 1. The van der Waals surface area contributed by atoms with E-state index in [9.17, 15) is 9.59 Å². The van der Waals surface area contributed by atoms with Crippen LogP contribution in [0, 0.1) is 0 Å². The lowest BCUT2D eigenvalue weighted by Crippen LogP contribution is -2.45. The maximum Gasteiger partial charge on any atom is 0.289 e. The van der Waals surface area contributed by atoms with Crippen LogP contribution < -0.4 is 10.6 Å². The monoisotopic (exact) mass is 339 g/mol. The standard InChI is InChI=1S/C19H21N3O3/c20-15-5-3-8-21(12-15)19(24)18-14(7-9-25-18)11-22-16-6-2-1-4-13(16)10-17(22)23/h1-2,4,6-7,9,15H,3,5,8,10-12,20H2. The highest BCUT2D eigenvalue weighted by molar-refractivity contribution is 6.01. The molecule has 0 bridgehead atoms. The Morgan fingerprint density at radius 2 is 2.12 bits per heavy atom. The Kier molecular flexibility index (Phi) is 4.05. The van der Waals surface area contributed by atoms with Gasteiger partial charge in [-0.05, 0) is 30.5 Å². The number of nitrogens with two attached hydrogens (primary N) is 1. The molecular formula is C19H21N3O3. The van der Waals surface area contributed by atoms with E-state index in [1.165, 1.54) is 6.26 Å². The summed E-state index contributed by atoms with van der Waals surface area (Å²) in [6, 6.07) is 9.53. The Hall–Kier alpha value is -2.60. The molecule has 2 amide bonds. The number of carbonyl (C=O) groups is 2. The van der Waals surface area contributed by atoms with Gasteiger partial charge >= 0.3 is 0 Å². The third kappa shape index (κ3) is 2.93. The fourth-order valence-electron chi connectivity index (χ4n) is 3.65. The molecule has 2 N–H and O–H groups in total. The van der Waals surface area contributed by atoms with Crippen molar-refractivity contribution >= 4 is 17.5 Å². The maximum atomic E-state index is 12.8. The Balaban J connectivity index is 1.56. The van der Waals surface area contributed by atoms with Crippen LogP contribution in [-0.2, 0) is 17.8 Å². The van der Waals surface area contributed by atoms with Crippen molar-refractivity contribution in [2.24, 2.45) is 5.73 Å². The minimum absolute atomic E-state index is 0.0168. The topological polar surface area (TPSA) is 79.8 Å². The smallest absolute Gasteiger partial charge is 0.289 e. The van der Waals surface area contributed by atoms with Gasteiger partial charge in [0.2, 0.25) is 5.91 Å². The third-order valence-electron chi connectivity index (χ3n) is 4.94. The Bertz CT molecular complexity index is 814. The minimum Gasteiger partial charge on any atom is -0.459 e. The highest BCUT2D eigenvalue weighted by atomic mass is 16.3. The van der Waals surface area contributed by atoms with Crippen LogP contribution in [0.2, 0.25) is 0 Å². The lowest BCUT2D eigenvalue weighted by molar-refractivity contribution is -0.117. The van der Waals surface area contributed by atoms with Crippen LogP contribution in [0.4, 0.5) is 5.69 Å². The molecule has 0 aliphatic carbocycles. The molecule has 130 valence electrons. The summed E-state index contributed by atoms with van der Waals surface area (Å²) in [6.45, 7) is 1.58. The van der Waals surface area contributed by atoms with Gasteiger partial charge in [0.05, 0.1) is 19.2 Å². The number of rotatable bonds is 3. The molecule has 0 saturated carbocycles. The number of hydrogen-bond donors (Lipinski definition) is 1. The summed E-state index contributed by atoms with van der Waals surface area (Å²) in [5, 5.41) is 0. The SMILES string of the molecule is NC1CCCN(C(=O)c2occc2CN2C(=O)Cc3ccccc32)C1. The van der Waals surface area contributed by atoms with Crippen LogP contribution >= 0.6 is 0 Å². The molecule has 6 nitrogen and oxygen atoms in total.